The molecule has 0 amide bonds. The molecule has 3 N–H and O–H groups in total. The summed E-state index contributed by atoms with van der Waals surface area (Å²) in [4.78, 5) is 0. The third kappa shape index (κ3) is 2.17. The Labute approximate surface area is 106 Å². The summed E-state index contributed by atoms with van der Waals surface area (Å²) in [6.45, 7) is 1.89. The van der Waals surface area contributed by atoms with Gasteiger partial charge in [-0.1, -0.05) is 31.2 Å². The maximum Gasteiger partial charge on any atom is 0.115 e. The summed E-state index contributed by atoms with van der Waals surface area (Å²) in [6, 6.07) is 13.0. The van der Waals surface area contributed by atoms with Crippen molar-refractivity contribution < 1.29 is 15.3 Å². The molecule has 0 heterocycles. The highest BCUT2D eigenvalue weighted by Crippen LogP contribution is 2.34. The minimum absolute atomic E-state index is 0.169. The zero-order chi connectivity index (χ0) is 13.2. The number of hydrogen-bond acceptors (Lipinski definition) is 3. The van der Waals surface area contributed by atoms with Gasteiger partial charge in [-0.3, -0.25) is 0 Å². The van der Waals surface area contributed by atoms with Crippen LogP contribution < -0.4 is 0 Å². The van der Waals surface area contributed by atoms with Gasteiger partial charge in [0.1, 0.15) is 17.1 Å². The maximum atomic E-state index is 10.8. The van der Waals surface area contributed by atoms with E-state index in [4.69, 9.17) is 0 Å². The molecule has 18 heavy (non-hydrogen) atoms. The fourth-order valence-corrected chi connectivity index (χ4v) is 2.05. The van der Waals surface area contributed by atoms with Crippen molar-refractivity contribution in [1.29, 1.82) is 0 Å². The second-order valence-corrected chi connectivity index (χ2v) is 4.31. The summed E-state index contributed by atoms with van der Waals surface area (Å²) in [7, 11) is 0. The Morgan fingerprint density at radius 2 is 1.11 bits per heavy atom. The first-order valence-electron chi connectivity index (χ1n) is 5.87. The molecule has 0 radical (unpaired) electrons. The van der Waals surface area contributed by atoms with Crippen LogP contribution in [0.15, 0.2) is 48.5 Å². The van der Waals surface area contributed by atoms with E-state index in [0.29, 0.717) is 17.5 Å². The highest BCUT2D eigenvalue weighted by atomic mass is 16.3. The fourth-order valence-electron chi connectivity index (χ4n) is 2.05. The average Bonchev–Trinajstić information content (AvgIpc) is 2.39. The standard InChI is InChI=1S/C15H16O3/c1-2-15(18,11-3-7-13(16)8-4-11)12-5-9-14(17)10-6-12/h3-10,16-18H,2H2,1H3. The van der Waals surface area contributed by atoms with Crippen molar-refractivity contribution >= 4 is 0 Å². The topological polar surface area (TPSA) is 60.7 Å². The van der Waals surface area contributed by atoms with E-state index in [-0.39, 0.29) is 11.5 Å². The Morgan fingerprint density at radius 3 is 1.39 bits per heavy atom. The van der Waals surface area contributed by atoms with Gasteiger partial charge < -0.3 is 15.3 Å². The monoisotopic (exact) mass is 244 g/mol. The largest absolute Gasteiger partial charge is 0.508 e. The van der Waals surface area contributed by atoms with Gasteiger partial charge in [-0.2, -0.15) is 0 Å². The minimum Gasteiger partial charge on any atom is -0.508 e. The lowest BCUT2D eigenvalue weighted by Gasteiger charge is -2.28. The predicted molar refractivity (Wildman–Crippen MR) is 69.5 cm³/mol. The molecule has 0 saturated heterocycles. The Morgan fingerprint density at radius 1 is 0.778 bits per heavy atom. The number of hydrogen-bond donors (Lipinski definition) is 3. The van der Waals surface area contributed by atoms with Crippen LogP contribution in [0.1, 0.15) is 24.5 Å². The van der Waals surface area contributed by atoms with E-state index in [0.717, 1.165) is 0 Å². The molecular formula is C15H16O3. The first-order chi connectivity index (χ1) is 8.56. The molecule has 0 unspecified atom stereocenters. The second kappa shape index (κ2) is 4.70. The molecule has 2 aromatic rings. The predicted octanol–water partition coefficient (Wildman–Crippen LogP) is 2.74. The lowest BCUT2D eigenvalue weighted by molar-refractivity contribution is 0.0764. The van der Waals surface area contributed by atoms with Crippen molar-refractivity contribution in [2.45, 2.75) is 18.9 Å². The highest BCUT2D eigenvalue weighted by molar-refractivity contribution is 5.40. The van der Waals surface area contributed by atoms with Crippen LogP contribution in [-0.4, -0.2) is 15.3 Å². The van der Waals surface area contributed by atoms with Gasteiger partial charge in [0.05, 0.1) is 0 Å². The summed E-state index contributed by atoms with van der Waals surface area (Å²) in [6.07, 6.45) is 0.503. The molecule has 0 fully saturated rings. The lowest BCUT2D eigenvalue weighted by atomic mass is 9.84. The van der Waals surface area contributed by atoms with Crippen molar-refractivity contribution in [2.75, 3.05) is 0 Å². The van der Waals surface area contributed by atoms with Crippen LogP contribution in [0, 0.1) is 0 Å². The molecular weight excluding hydrogens is 228 g/mol. The first kappa shape index (κ1) is 12.5. The number of aromatic hydroxyl groups is 2. The average molecular weight is 244 g/mol. The quantitative estimate of drug-likeness (QED) is 0.778. The SMILES string of the molecule is CCC(O)(c1ccc(O)cc1)c1ccc(O)cc1. The van der Waals surface area contributed by atoms with E-state index in [2.05, 4.69) is 0 Å². The summed E-state index contributed by atoms with van der Waals surface area (Å²) in [5.41, 5.74) is 0.323. The summed E-state index contributed by atoms with van der Waals surface area (Å²) in [5, 5.41) is 29.4. The minimum atomic E-state index is -1.11. The van der Waals surface area contributed by atoms with Crippen molar-refractivity contribution in [2.24, 2.45) is 0 Å². The number of phenolic OH excluding ortho intramolecular Hbond substituents is 2. The van der Waals surface area contributed by atoms with Crippen molar-refractivity contribution in [1.82, 2.24) is 0 Å². The molecule has 0 aliphatic rings. The fraction of sp³-hybridized carbons (Fsp3) is 0.200. The molecule has 0 aliphatic heterocycles. The molecule has 0 atom stereocenters. The van der Waals surface area contributed by atoms with Gasteiger partial charge in [0, 0.05) is 0 Å². The zero-order valence-electron chi connectivity index (χ0n) is 10.2. The molecule has 3 nitrogen and oxygen atoms in total. The van der Waals surface area contributed by atoms with E-state index in [1.807, 2.05) is 6.92 Å². The molecule has 0 aromatic heterocycles. The summed E-state index contributed by atoms with van der Waals surface area (Å²) in [5.74, 6) is 0.339. The van der Waals surface area contributed by atoms with Crippen LogP contribution in [0.2, 0.25) is 0 Å². The van der Waals surface area contributed by atoms with Crippen LogP contribution in [0.3, 0.4) is 0 Å². The summed E-state index contributed by atoms with van der Waals surface area (Å²) >= 11 is 0. The van der Waals surface area contributed by atoms with E-state index < -0.39 is 5.60 Å². The van der Waals surface area contributed by atoms with Crippen molar-refractivity contribution in [3.05, 3.63) is 59.7 Å². The third-order valence-electron chi connectivity index (χ3n) is 3.20. The summed E-state index contributed by atoms with van der Waals surface area (Å²) < 4.78 is 0. The normalized spacial score (nSPS) is 11.4. The third-order valence-corrected chi connectivity index (χ3v) is 3.20. The van der Waals surface area contributed by atoms with Crippen LogP contribution in [-0.2, 0) is 5.60 Å². The molecule has 2 rings (SSSR count). The number of benzene rings is 2. The van der Waals surface area contributed by atoms with Gasteiger partial charge in [0.25, 0.3) is 0 Å². The zero-order valence-corrected chi connectivity index (χ0v) is 10.2. The number of phenols is 2. The number of aliphatic hydroxyl groups is 1. The van der Waals surface area contributed by atoms with Crippen molar-refractivity contribution in [3.8, 4) is 11.5 Å². The Bertz CT molecular complexity index is 469. The molecule has 2 aromatic carbocycles. The van der Waals surface area contributed by atoms with Crippen LogP contribution >= 0.6 is 0 Å². The highest BCUT2D eigenvalue weighted by Gasteiger charge is 2.29. The molecule has 0 saturated carbocycles. The van der Waals surface area contributed by atoms with Crippen molar-refractivity contribution in [3.63, 3.8) is 0 Å². The molecule has 0 bridgehead atoms. The Balaban J connectivity index is 2.47. The van der Waals surface area contributed by atoms with Gasteiger partial charge >= 0.3 is 0 Å². The van der Waals surface area contributed by atoms with Crippen LogP contribution in [0.4, 0.5) is 0 Å². The van der Waals surface area contributed by atoms with E-state index in [9.17, 15) is 15.3 Å². The lowest BCUT2D eigenvalue weighted by Crippen LogP contribution is -2.26. The van der Waals surface area contributed by atoms with Crippen LogP contribution in [0.5, 0.6) is 11.5 Å². The molecule has 0 aliphatic carbocycles. The smallest absolute Gasteiger partial charge is 0.115 e. The molecule has 0 spiro atoms. The second-order valence-electron chi connectivity index (χ2n) is 4.31. The van der Waals surface area contributed by atoms with E-state index in [1.165, 1.54) is 0 Å². The van der Waals surface area contributed by atoms with Gasteiger partial charge in [-0.15, -0.1) is 0 Å². The Kier molecular flexibility index (Phi) is 3.26. The Hall–Kier alpha value is -2.00. The first-order valence-corrected chi connectivity index (χ1v) is 5.87. The number of rotatable bonds is 3. The molecule has 94 valence electrons. The molecule has 3 heteroatoms. The van der Waals surface area contributed by atoms with E-state index >= 15 is 0 Å². The maximum absolute atomic E-state index is 10.8. The van der Waals surface area contributed by atoms with Gasteiger partial charge in [0.2, 0.25) is 0 Å². The van der Waals surface area contributed by atoms with Gasteiger partial charge in [-0.25, -0.2) is 0 Å². The van der Waals surface area contributed by atoms with Gasteiger partial charge in [0.15, 0.2) is 0 Å². The van der Waals surface area contributed by atoms with E-state index in [1.54, 1.807) is 48.5 Å². The van der Waals surface area contributed by atoms with Gasteiger partial charge in [-0.05, 0) is 41.8 Å². The van der Waals surface area contributed by atoms with Crippen LogP contribution in [0.25, 0.3) is 0 Å².